The highest BCUT2D eigenvalue weighted by molar-refractivity contribution is 4.86. The number of ether oxygens (including phenoxy) is 1. The van der Waals surface area contributed by atoms with E-state index in [2.05, 4.69) is 34.7 Å². The van der Waals surface area contributed by atoms with E-state index in [0.29, 0.717) is 12.0 Å². The lowest BCUT2D eigenvalue weighted by molar-refractivity contribution is 0.104. The second-order valence-corrected chi connectivity index (χ2v) is 5.30. The van der Waals surface area contributed by atoms with E-state index in [9.17, 15) is 0 Å². The first-order chi connectivity index (χ1) is 8.75. The van der Waals surface area contributed by atoms with Gasteiger partial charge in [0.1, 0.15) is 0 Å². The Morgan fingerprint density at radius 3 is 3.00 bits per heavy atom. The number of rotatable bonds is 9. The maximum Gasteiger partial charge on any atom is 0.165 e. The Kier molecular flexibility index (Phi) is 5.07. The molecule has 1 aromatic rings. The molecule has 6 nitrogen and oxygen atoms in total. The van der Waals surface area contributed by atoms with Crippen molar-refractivity contribution in [1.29, 1.82) is 0 Å². The van der Waals surface area contributed by atoms with Gasteiger partial charge in [0.15, 0.2) is 5.82 Å². The van der Waals surface area contributed by atoms with E-state index in [4.69, 9.17) is 4.74 Å². The fourth-order valence-electron chi connectivity index (χ4n) is 1.68. The number of aromatic nitrogens is 4. The summed E-state index contributed by atoms with van der Waals surface area (Å²) in [6.45, 7) is 7.50. The highest BCUT2D eigenvalue weighted by Gasteiger charge is 2.21. The maximum atomic E-state index is 5.54. The second kappa shape index (κ2) is 6.80. The number of hydrogen-bond acceptors (Lipinski definition) is 5. The molecule has 0 atom stereocenters. The zero-order valence-electron chi connectivity index (χ0n) is 11.3. The van der Waals surface area contributed by atoms with Crippen molar-refractivity contribution in [3.8, 4) is 0 Å². The van der Waals surface area contributed by atoms with Crippen LogP contribution in [-0.2, 0) is 17.8 Å². The second-order valence-electron chi connectivity index (χ2n) is 5.30. The van der Waals surface area contributed by atoms with Gasteiger partial charge in [-0.15, -0.1) is 5.10 Å². The van der Waals surface area contributed by atoms with Gasteiger partial charge in [-0.05, 0) is 35.6 Å². The van der Waals surface area contributed by atoms with Gasteiger partial charge in [-0.1, -0.05) is 13.8 Å². The smallest absolute Gasteiger partial charge is 0.165 e. The Morgan fingerprint density at radius 1 is 1.44 bits per heavy atom. The van der Waals surface area contributed by atoms with Crippen molar-refractivity contribution in [1.82, 2.24) is 25.5 Å². The molecule has 0 saturated heterocycles. The first kappa shape index (κ1) is 13.4. The van der Waals surface area contributed by atoms with Gasteiger partial charge in [0.25, 0.3) is 0 Å². The van der Waals surface area contributed by atoms with Crippen LogP contribution in [0.25, 0.3) is 0 Å². The van der Waals surface area contributed by atoms with Crippen LogP contribution >= 0.6 is 0 Å². The van der Waals surface area contributed by atoms with Crippen molar-refractivity contribution in [2.24, 2.45) is 5.92 Å². The molecule has 1 heterocycles. The van der Waals surface area contributed by atoms with Crippen LogP contribution in [-0.4, -0.2) is 39.5 Å². The topological polar surface area (TPSA) is 64.9 Å². The van der Waals surface area contributed by atoms with Crippen molar-refractivity contribution < 1.29 is 4.74 Å². The average Bonchev–Trinajstić information content (AvgIpc) is 3.06. The zero-order chi connectivity index (χ0) is 12.8. The van der Waals surface area contributed by atoms with Crippen LogP contribution in [0.1, 0.15) is 38.9 Å². The maximum absolute atomic E-state index is 5.54. The molecule has 1 saturated carbocycles. The minimum atomic E-state index is 0.594. The number of tetrazole rings is 1. The van der Waals surface area contributed by atoms with Crippen molar-refractivity contribution in [2.75, 3.05) is 13.2 Å². The molecular weight excluding hydrogens is 230 g/mol. The molecule has 0 amide bonds. The molecule has 1 aliphatic carbocycles. The van der Waals surface area contributed by atoms with E-state index in [1.54, 1.807) is 0 Å². The van der Waals surface area contributed by atoms with Gasteiger partial charge in [0.05, 0.1) is 6.54 Å². The van der Waals surface area contributed by atoms with Gasteiger partial charge in [-0.3, -0.25) is 0 Å². The lowest BCUT2D eigenvalue weighted by Crippen LogP contribution is -2.19. The van der Waals surface area contributed by atoms with Crippen LogP contribution in [0.15, 0.2) is 0 Å². The largest absolute Gasteiger partial charge is 0.381 e. The molecule has 2 rings (SSSR count). The van der Waals surface area contributed by atoms with Crippen molar-refractivity contribution in [3.05, 3.63) is 5.82 Å². The van der Waals surface area contributed by atoms with Gasteiger partial charge in [0, 0.05) is 25.8 Å². The average molecular weight is 253 g/mol. The van der Waals surface area contributed by atoms with Crippen LogP contribution in [0.4, 0.5) is 0 Å². The van der Waals surface area contributed by atoms with E-state index in [1.807, 2.05) is 4.68 Å². The van der Waals surface area contributed by atoms with E-state index >= 15 is 0 Å². The number of nitrogens with one attached hydrogen (secondary N) is 1. The molecule has 18 heavy (non-hydrogen) atoms. The Morgan fingerprint density at radius 2 is 2.28 bits per heavy atom. The fourth-order valence-corrected chi connectivity index (χ4v) is 1.68. The summed E-state index contributed by atoms with van der Waals surface area (Å²) in [6.07, 6.45) is 3.52. The van der Waals surface area contributed by atoms with Crippen LogP contribution in [0.2, 0.25) is 0 Å². The third kappa shape index (κ3) is 4.70. The third-order valence-corrected chi connectivity index (χ3v) is 2.84. The predicted molar refractivity (Wildman–Crippen MR) is 68.0 cm³/mol. The quantitative estimate of drug-likeness (QED) is 0.665. The lowest BCUT2D eigenvalue weighted by Gasteiger charge is -2.07. The molecule has 102 valence electrons. The molecule has 0 radical (unpaired) electrons. The molecule has 1 aromatic heterocycles. The Balaban J connectivity index is 1.63. The predicted octanol–water partition coefficient (Wildman–Crippen LogP) is 0.988. The van der Waals surface area contributed by atoms with Crippen LogP contribution in [0, 0.1) is 5.92 Å². The van der Waals surface area contributed by atoms with Crippen LogP contribution < -0.4 is 5.32 Å². The summed E-state index contributed by atoms with van der Waals surface area (Å²) in [5, 5.41) is 15.2. The highest BCUT2D eigenvalue weighted by Crippen LogP contribution is 2.18. The first-order valence-electron chi connectivity index (χ1n) is 6.82. The Labute approximate surface area is 108 Å². The van der Waals surface area contributed by atoms with E-state index in [1.165, 1.54) is 12.8 Å². The molecular formula is C12H23N5O. The lowest BCUT2D eigenvalue weighted by atomic mass is 10.2. The van der Waals surface area contributed by atoms with Gasteiger partial charge >= 0.3 is 0 Å². The van der Waals surface area contributed by atoms with Crippen molar-refractivity contribution in [3.63, 3.8) is 0 Å². The monoisotopic (exact) mass is 253 g/mol. The number of aryl methyl sites for hydroxylation is 1. The summed E-state index contributed by atoms with van der Waals surface area (Å²) < 4.78 is 7.41. The van der Waals surface area contributed by atoms with E-state index in [-0.39, 0.29) is 0 Å². The van der Waals surface area contributed by atoms with Crippen molar-refractivity contribution >= 4 is 0 Å². The van der Waals surface area contributed by atoms with Gasteiger partial charge in [0.2, 0.25) is 0 Å². The van der Waals surface area contributed by atoms with Gasteiger partial charge in [-0.25, -0.2) is 4.68 Å². The zero-order valence-corrected chi connectivity index (χ0v) is 11.3. The molecule has 6 heteroatoms. The summed E-state index contributed by atoms with van der Waals surface area (Å²) in [7, 11) is 0. The van der Waals surface area contributed by atoms with Gasteiger partial charge < -0.3 is 10.1 Å². The molecule has 1 aliphatic rings. The van der Waals surface area contributed by atoms with Crippen molar-refractivity contribution in [2.45, 2.75) is 52.2 Å². The molecule has 0 aliphatic heterocycles. The molecule has 0 unspecified atom stereocenters. The van der Waals surface area contributed by atoms with Gasteiger partial charge in [-0.2, -0.15) is 0 Å². The summed E-state index contributed by atoms with van der Waals surface area (Å²) in [4.78, 5) is 0. The summed E-state index contributed by atoms with van der Waals surface area (Å²) in [5.41, 5.74) is 0. The number of hydrogen-bond donors (Lipinski definition) is 1. The Hall–Kier alpha value is -1.01. The molecule has 1 N–H and O–H groups in total. The molecule has 0 bridgehead atoms. The summed E-state index contributed by atoms with van der Waals surface area (Å²) in [6, 6.07) is 0.685. The normalized spacial score (nSPS) is 15.5. The Bertz CT molecular complexity index is 348. The SMILES string of the molecule is CC(C)COCCCn1nnnc1CNC1CC1. The van der Waals surface area contributed by atoms with Crippen LogP contribution in [0.3, 0.4) is 0 Å². The molecule has 0 spiro atoms. The fraction of sp³-hybridized carbons (Fsp3) is 0.917. The summed E-state index contributed by atoms with van der Waals surface area (Å²) >= 11 is 0. The number of nitrogens with zero attached hydrogens (tertiary/aromatic N) is 4. The molecule has 1 fully saturated rings. The third-order valence-electron chi connectivity index (χ3n) is 2.84. The first-order valence-corrected chi connectivity index (χ1v) is 6.82. The minimum Gasteiger partial charge on any atom is -0.381 e. The van der Waals surface area contributed by atoms with E-state index < -0.39 is 0 Å². The van der Waals surface area contributed by atoms with E-state index in [0.717, 1.165) is 38.5 Å². The standard InChI is InChI=1S/C12H23N5O/c1-10(2)9-18-7-3-6-17-12(14-15-16-17)8-13-11-4-5-11/h10-11,13H,3-9H2,1-2H3. The minimum absolute atomic E-state index is 0.594. The highest BCUT2D eigenvalue weighted by atomic mass is 16.5. The molecule has 0 aromatic carbocycles. The van der Waals surface area contributed by atoms with Crippen LogP contribution in [0.5, 0.6) is 0 Å². The summed E-state index contributed by atoms with van der Waals surface area (Å²) in [5.74, 6) is 1.52.